The fraction of sp³-hybridized carbons (Fsp3) is 0.500. The fourth-order valence-corrected chi connectivity index (χ4v) is 2.94. The van der Waals surface area contributed by atoms with E-state index in [2.05, 4.69) is 15.0 Å². The molecule has 0 aromatic carbocycles. The van der Waals surface area contributed by atoms with E-state index in [4.69, 9.17) is 21.4 Å². The van der Waals surface area contributed by atoms with Crippen LogP contribution in [0.1, 0.15) is 12.6 Å². The third-order valence-corrected chi connectivity index (χ3v) is 3.79. The van der Waals surface area contributed by atoms with Crippen molar-refractivity contribution in [3.8, 4) is 0 Å². The van der Waals surface area contributed by atoms with E-state index in [0.717, 1.165) is 0 Å². The van der Waals surface area contributed by atoms with Gasteiger partial charge in [0.2, 0.25) is 0 Å². The second-order valence-corrected chi connectivity index (χ2v) is 5.55. The van der Waals surface area contributed by atoms with Crippen LogP contribution in [0.3, 0.4) is 0 Å². The molecule has 0 aliphatic carbocycles. The molecule has 0 bridgehead atoms. The van der Waals surface area contributed by atoms with E-state index in [1.54, 1.807) is 10.9 Å². The van der Waals surface area contributed by atoms with Crippen LogP contribution in [0.25, 0.3) is 11.2 Å². The van der Waals surface area contributed by atoms with Crippen LogP contribution in [0.5, 0.6) is 0 Å². The molecule has 1 aliphatic heterocycles. The standard InChI is InChI=1S/C10H10ClIN4O3/c11-8-7-9(15-10(12)14-8)16(3-13-7)6-1-4(18)5(2-17)19-6/h3-6,17-18H,1-2H2/t4-,5+,6+/m0/s1. The highest BCUT2D eigenvalue weighted by Gasteiger charge is 2.35. The van der Waals surface area contributed by atoms with Gasteiger partial charge in [-0.1, -0.05) is 11.6 Å². The zero-order valence-electron chi connectivity index (χ0n) is 9.57. The van der Waals surface area contributed by atoms with Gasteiger partial charge in [0, 0.05) is 29.0 Å². The average Bonchev–Trinajstić information content (AvgIpc) is 2.92. The molecule has 102 valence electrons. The molecular formula is C10H10ClIN4O3. The Morgan fingerprint density at radius 2 is 2.32 bits per heavy atom. The van der Waals surface area contributed by atoms with E-state index >= 15 is 0 Å². The summed E-state index contributed by atoms with van der Waals surface area (Å²) in [5.74, 6) is 0. The number of aliphatic hydroxyl groups excluding tert-OH is 2. The number of imidazole rings is 1. The molecule has 1 aliphatic rings. The van der Waals surface area contributed by atoms with E-state index in [0.29, 0.717) is 21.4 Å². The van der Waals surface area contributed by atoms with Crippen LogP contribution >= 0.6 is 34.2 Å². The molecule has 1 saturated heterocycles. The second-order valence-electron chi connectivity index (χ2n) is 4.22. The Hall–Kier alpha value is -0.550. The van der Waals surface area contributed by atoms with Gasteiger partial charge in [-0.3, -0.25) is 4.57 Å². The Labute approximate surface area is 126 Å². The normalized spacial score (nSPS) is 27.3. The average molecular weight is 397 g/mol. The van der Waals surface area contributed by atoms with Crippen LogP contribution in [0, 0.1) is 3.83 Å². The van der Waals surface area contributed by atoms with Gasteiger partial charge in [0.15, 0.2) is 14.6 Å². The summed E-state index contributed by atoms with van der Waals surface area (Å²) in [6.07, 6.45) is 0.217. The Balaban J connectivity index is 2.02. The highest BCUT2D eigenvalue weighted by molar-refractivity contribution is 14.1. The molecule has 0 unspecified atom stereocenters. The predicted octanol–water partition coefficient (Wildman–Crippen LogP) is 0.725. The van der Waals surface area contributed by atoms with E-state index < -0.39 is 18.4 Å². The first kappa shape index (κ1) is 13.4. The van der Waals surface area contributed by atoms with Crippen molar-refractivity contribution in [3.63, 3.8) is 0 Å². The summed E-state index contributed by atoms with van der Waals surface area (Å²) in [5, 5.41) is 19.1. The van der Waals surface area contributed by atoms with E-state index in [-0.39, 0.29) is 11.8 Å². The van der Waals surface area contributed by atoms with E-state index in [9.17, 15) is 5.11 Å². The highest BCUT2D eigenvalue weighted by Crippen LogP contribution is 2.31. The number of aliphatic hydroxyl groups is 2. The molecule has 3 atom stereocenters. The number of aromatic nitrogens is 4. The first-order valence-corrected chi connectivity index (χ1v) is 7.05. The molecule has 0 amide bonds. The molecule has 9 heteroatoms. The zero-order chi connectivity index (χ0) is 13.6. The largest absolute Gasteiger partial charge is 0.394 e. The number of ether oxygens (including phenoxy) is 1. The number of nitrogens with zero attached hydrogens (tertiary/aromatic N) is 4. The third-order valence-electron chi connectivity index (χ3n) is 3.05. The summed E-state index contributed by atoms with van der Waals surface area (Å²) in [4.78, 5) is 12.5. The smallest absolute Gasteiger partial charge is 0.194 e. The van der Waals surface area contributed by atoms with Gasteiger partial charge in [0.1, 0.15) is 17.8 Å². The molecular weight excluding hydrogens is 386 g/mol. The lowest BCUT2D eigenvalue weighted by molar-refractivity contribution is -0.0432. The second kappa shape index (κ2) is 5.09. The van der Waals surface area contributed by atoms with Crippen molar-refractivity contribution < 1.29 is 14.9 Å². The van der Waals surface area contributed by atoms with Crippen molar-refractivity contribution in [1.29, 1.82) is 0 Å². The molecule has 0 saturated carbocycles. The maximum absolute atomic E-state index is 9.76. The minimum atomic E-state index is -0.705. The van der Waals surface area contributed by atoms with Crippen molar-refractivity contribution in [2.24, 2.45) is 0 Å². The minimum Gasteiger partial charge on any atom is -0.394 e. The summed E-state index contributed by atoms with van der Waals surface area (Å²) >= 11 is 7.97. The molecule has 0 radical (unpaired) electrons. The summed E-state index contributed by atoms with van der Waals surface area (Å²) in [5.41, 5.74) is 1.05. The molecule has 0 spiro atoms. The van der Waals surface area contributed by atoms with Gasteiger partial charge in [0.25, 0.3) is 0 Å². The predicted molar refractivity (Wildman–Crippen MR) is 74.7 cm³/mol. The van der Waals surface area contributed by atoms with Crippen LogP contribution in [0.2, 0.25) is 5.15 Å². The molecule has 2 N–H and O–H groups in total. The van der Waals surface area contributed by atoms with Crippen LogP contribution in [-0.4, -0.2) is 48.5 Å². The van der Waals surface area contributed by atoms with Gasteiger partial charge in [-0.25, -0.2) is 15.0 Å². The lowest BCUT2D eigenvalue weighted by atomic mass is 10.2. The summed E-state index contributed by atoms with van der Waals surface area (Å²) in [7, 11) is 0. The van der Waals surface area contributed by atoms with Crippen LogP contribution in [0.15, 0.2) is 6.33 Å². The van der Waals surface area contributed by atoms with Crippen LogP contribution in [-0.2, 0) is 4.74 Å². The van der Waals surface area contributed by atoms with Crippen molar-refractivity contribution in [1.82, 2.24) is 19.5 Å². The van der Waals surface area contributed by atoms with Crippen LogP contribution in [0.4, 0.5) is 0 Å². The number of halogens is 2. The van der Waals surface area contributed by atoms with Gasteiger partial charge in [0.05, 0.1) is 19.0 Å². The van der Waals surface area contributed by atoms with Gasteiger partial charge >= 0.3 is 0 Å². The lowest BCUT2D eigenvalue weighted by Crippen LogP contribution is -2.24. The molecule has 2 aromatic heterocycles. The number of hydrogen-bond donors (Lipinski definition) is 2. The zero-order valence-corrected chi connectivity index (χ0v) is 12.5. The van der Waals surface area contributed by atoms with E-state index in [1.165, 1.54) is 0 Å². The number of rotatable bonds is 2. The fourth-order valence-electron chi connectivity index (χ4n) is 2.12. The topological polar surface area (TPSA) is 93.3 Å². The summed E-state index contributed by atoms with van der Waals surface area (Å²) < 4.78 is 7.78. The van der Waals surface area contributed by atoms with Crippen molar-refractivity contribution >= 4 is 45.4 Å². The van der Waals surface area contributed by atoms with Gasteiger partial charge < -0.3 is 14.9 Å². The third kappa shape index (κ3) is 2.31. The molecule has 2 aromatic rings. The Morgan fingerprint density at radius 3 is 3.00 bits per heavy atom. The van der Waals surface area contributed by atoms with Gasteiger partial charge in [-0.05, 0) is 0 Å². The van der Waals surface area contributed by atoms with Crippen molar-refractivity contribution in [3.05, 3.63) is 15.3 Å². The highest BCUT2D eigenvalue weighted by atomic mass is 127. The Kier molecular flexibility index (Phi) is 3.60. The maximum atomic E-state index is 9.76. The van der Waals surface area contributed by atoms with E-state index in [1.807, 2.05) is 22.6 Å². The quantitative estimate of drug-likeness (QED) is 0.442. The number of fused-ring (bicyclic) bond motifs is 1. The lowest BCUT2D eigenvalue weighted by Gasteiger charge is -2.13. The van der Waals surface area contributed by atoms with Gasteiger partial charge in [-0.15, -0.1) is 0 Å². The van der Waals surface area contributed by atoms with Crippen molar-refractivity contribution in [2.45, 2.75) is 24.9 Å². The molecule has 19 heavy (non-hydrogen) atoms. The molecule has 1 fully saturated rings. The SMILES string of the molecule is OC[C@H]1O[C@@H](n2cnc3c(Cl)nc(I)nc32)C[C@@H]1O. The first-order valence-electron chi connectivity index (χ1n) is 5.60. The summed E-state index contributed by atoms with van der Waals surface area (Å²) in [6, 6.07) is 0. The maximum Gasteiger partial charge on any atom is 0.194 e. The molecule has 3 rings (SSSR count). The van der Waals surface area contributed by atoms with Gasteiger partial charge in [-0.2, -0.15) is 0 Å². The Bertz CT molecular complexity index is 622. The Morgan fingerprint density at radius 1 is 1.53 bits per heavy atom. The summed E-state index contributed by atoms with van der Waals surface area (Å²) in [6.45, 7) is -0.225. The molecule has 7 nitrogen and oxygen atoms in total. The molecule has 3 heterocycles. The van der Waals surface area contributed by atoms with Crippen LogP contribution < -0.4 is 0 Å². The number of hydrogen-bond acceptors (Lipinski definition) is 6. The first-order chi connectivity index (χ1) is 9.10. The minimum absolute atomic E-state index is 0.225. The monoisotopic (exact) mass is 396 g/mol. The van der Waals surface area contributed by atoms with Crippen molar-refractivity contribution in [2.75, 3.05) is 6.61 Å².